The first-order chi connectivity index (χ1) is 29.4. The number of nitrogens with one attached hydrogen (secondary N) is 3. The number of hydrazine groups is 2. The molecule has 4 amide bonds. The van der Waals surface area contributed by atoms with Crippen LogP contribution in [0.2, 0.25) is 0 Å². The Kier molecular flexibility index (Phi) is 17.7. The number of amides is 4. The van der Waals surface area contributed by atoms with Gasteiger partial charge in [0.25, 0.3) is 5.91 Å². The summed E-state index contributed by atoms with van der Waals surface area (Å²) >= 11 is 0. The van der Waals surface area contributed by atoms with Crippen LogP contribution >= 0.6 is 0 Å². The fourth-order valence-corrected chi connectivity index (χ4v) is 6.74. The number of carbonyl (C=O) groups excluding carboxylic acids is 4. The van der Waals surface area contributed by atoms with Gasteiger partial charge in [-0.05, 0) is 79.7 Å². The largest absolute Gasteiger partial charge is 0.478 e. The van der Waals surface area contributed by atoms with Crippen molar-refractivity contribution >= 4 is 42.0 Å². The Labute approximate surface area is 360 Å². The summed E-state index contributed by atoms with van der Waals surface area (Å²) in [5, 5.41) is 17.0. The number of nitrogens with two attached hydrogens (primary N) is 1. The Morgan fingerprint density at radius 2 is 1.13 bits per heavy atom. The number of morpholine rings is 2. The maximum atomic E-state index is 12.4. The number of aliphatic carboxylic acids is 1. The van der Waals surface area contributed by atoms with Crippen molar-refractivity contribution in [3.8, 4) is 22.8 Å². The molecule has 4 atom stereocenters. The number of benzene rings is 2. The molecule has 4 unspecified atom stereocenters. The van der Waals surface area contributed by atoms with E-state index < -0.39 is 23.7 Å². The van der Waals surface area contributed by atoms with Crippen LogP contribution in [0.25, 0.3) is 35.2 Å². The molecule has 0 radical (unpaired) electrons. The van der Waals surface area contributed by atoms with E-state index in [9.17, 15) is 24.0 Å². The van der Waals surface area contributed by atoms with Gasteiger partial charge in [0.2, 0.25) is 5.91 Å². The molecule has 0 saturated carbocycles. The minimum absolute atomic E-state index is 0.152. The lowest BCUT2D eigenvalue weighted by Crippen LogP contribution is -2.58. The molecule has 332 valence electrons. The molecular formula is C42H56N12O8. The van der Waals surface area contributed by atoms with E-state index in [0.717, 1.165) is 39.5 Å². The van der Waals surface area contributed by atoms with Crippen LogP contribution < -0.4 is 22.1 Å². The van der Waals surface area contributed by atoms with Crippen LogP contribution in [0, 0.1) is 27.7 Å². The number of aryl methyl sites for hydroxylation is 4. The summed E-state index contributed by atoms with van der Waals surface area (Å²) in [7, 11) is 0. The van der Waals surface area contributed by atoms with E-state index in [1.807, 2.05) is 65.8 Å². The highest BCUT2D eigenvalue weighted by Gasteiger charge is 2.33. The fraction of sp³-hybridized carbons (Fsp3) is 0.405. The fourth-order valence-electron chi connectivity index (χ4n) is 6.74. The van der Waals surface area contributed by atoms with E-state index in [1.165, 1.54) is 45.4 Å². The number of aromatic nitrogens is 6. The lowest BCUT2D eigenvalue weighted by atomic mass is 10.1. The highest BCUT2D eigenvalue weighted by atomic mass is 16.5. The molecule has 4 aromatic rings. The molecule has 2 fully saturated rings. The summed E-state index contributed by atoms with van der Waals surface area (Å²) in [4.78, 5) is 69.9. The number of hydrogen-bond donors (Lipinski definition) is 5. The molecule has 2 aromatic carbocycles. The van der Waals surface area contributed by atoms with Gasteiger partial charge in [0, 0.05) is 47.8 Å². The standard InChI is InChI=1S/C21H26N6O4.C13H13N3O2.C8H17N3O2/c1-13-7-14(2)9-17(8-13)19-22-12-26(25-19)6-5-18(28)23-24-20(29)21(30)27-15(3)10-31-11-16(27)4;1-9-5-10(2)7-11(6-9)13-14-8-16(15-13)4-3-12(17)18;1-6-4-13-5-7(2)11(6)3-8(12)10-9/h5-9,12,15-16H,10-11H2,1-4H3,(H,23,28)(H,24,29);3-8H,1-2H3,(H,17,18);6-7H,3-5,9H2,1-2H3,(H,10,12)/b6-5-;4-3-;. The molecule has 6 rings (SSSR count). The maximum absolute atomic E-state index is 12.4. The van der Waals surface area contributed by atoms with Crippen molar-refractivity contribution in [2.45, 2.75) is 79.6 Å². The maximum Gasteiger partial charge on any atom is 0.329 e. The number of rotatable bonds is 8. The summed E-state index contributed by atoms with van der Waals surface area (Å²) in [6, 6.07) is 12.2. The lowest BCUT2D eigenvalue weighted by Gasteiger charge is -2.38. The first-order valence-corrected chi connectivity index (χ1v) is 19.9. The molecule has 2 saturated heterocycles. The van der Waals surface area contributed by atoms with Gasteiger partial charge < -0.3 is 19.5 Å². The quantitative estimate of drug-likeness (QED) is 0.0559. The van der Waals surface area contributed by atoms with Crippen molar-refractivity contribution in [2.75, 3.05) is 33.0 Å². The Hall–Kier alpha value is -6.61. The van der Waals surface area contributed by atoms with E-state index in [-0.39, 0.29) is 30.1 Å². The van der Waals surface area contributed by atoms with Gasteiger partial charge in [0.1, 0.15) is 12.7 Å². The summed E-state index contributed by atoms with van der Waals surface area (Å²) in [6.07, 6.45) is 7.88. The zero-order valence-electron chi connectivity index (χ0n) is 36.2. The van der Waals surface area contributed by atoms with Crippen molar-refractivity contribution in [1.82, 2.24) is 55.6 Å². The minimum Gasteiger partial charge on any atom is -0.478 e. The van der Waals surface area contributed by atoms with Crippen LogP contribution in [-0.2, 0) is 33.4 Å². The predicted octanol–water partition coefficient (Wildman–Crippen LogP) is 2.02. The molecule has 2 aliphatic rings. The number of carboxylic acids is 1. The average Bonchev–Trinajstić information content (AvgIpc) is 3.90. The molecule has 2 aromatic heterocycles. The molecule has 0 bridgehead atoms. The number of carbonyl (C=O) groups is 5. The number of hydrogen-bond acceptors (Lipinski definition) is 13. The van der Waals surface area contributed by atoms with Crippen LogP contribution in [0.3, 0.4) is 0 Å². The minimum atomic E-state index is -1.02. The number of carboxylic acid groups (broad SMARTS) is 1. The van der Waals surface area contributed by atoms with E-state index in [0.29, 0.717) is 44.6 Å². The molecule has 20 heteroatoms. The van der Waals surface area contributed by atoms with Gasteiger partial charge in [-0.3, -0.25) is 40.4 Å². The zero-order valence-corrected chi connectivity index (χ0v) is 36.2. The zero-order chi connectivity index (χ0) is 45.5. The highest BCUT2D eigenvalue weighted by Crippen LogP contribution is 2.20. The highest BCUT2D eigenvalue weighted by molar-refractivity contribution is 6.35. The summed E-state index contributed by atoms with van der Waals surface area (Å²) in [5.74, 6) is 2.71. The first-order valence-electron chi connectivity index (χ1n) is 19.9. The molecule has 0 spiro atoms. The second-order valence-corrected chi connectivity index (χ2v) is 15.2. The van der Waals surface area contributed by atoms with Crippen LogP contribution in [-0.4, -0.2) is 131 Å². The second-order valence-electron chi connectivity index (χ2n) is 15.2. The molecule has 4 heterocycles. The number of nitrogens with zero attached hydrogens (tertiary/aromatic N) is 8. The van der Waals surface area contributed by atoms with Gasteiger partial charge in [-0.25, -0.2) is 30.0 Å². The normalized spacial score (nSPS) is 18.9. The van der Waals surface area contributed by atoms with Crippen molar-refractivity contribution in [1.29, 1.82) is 0 Å². The van der Waals surface area contributed by atoms with Crippen LogP contribution in [0.4, 0.5) is 0 Å². The Morgan fingerprint density at radius 3 is 1.56 bits per heavy atom. The van der Waals surface area contributed by atoms with Gasteiger partial charge in [-0.15, -0.1) is 10.2 Å². The average molecular weight is 857 g/mol. The molecular weight excluding hydrogens is 801 g/mol. The van der Waals surface area contributed by atoms with Crippen molar-refractivity contribution in [3.63, 3.8) is 0 Å². The van der Waals surface area contributed by atoms with E-state index >= 15 is 0 Å². The third kappa shape index (κ3) is 14.5. The third-order valence-electron chi connectivity index (χ3n) is 9.46. The SMILES string of the molecule is CC1COCC(C)N1CC(=O)NN.Cc1cc(C)cc(-c2ncn(/C=C\C(=O)NNC(=O)C(=O)N3C(C)COCC3C)n2)c1.Cc1cc(C)cc(-c2ncn(/C=C\C(=O)O)n2)c1. The van der Waals surface area contributed by atoms with Gasteiger partial charge in [-0.1, -0.05) is 34.4 Å². The van der Waals surface area contributed by atoms with Crippen LogP contribution in [0.5, 0.6) is 0 Å². The van der Waals surface area contributed by atoms with Gasteiger partial charge in [0.15, 0.2) is 11.6 Å². The van der Waals surface area contributed by atoms with Gasteiger partial charge >= 0.3 is 17.8 Å². The molecule has 62 heavy (non-hydrogen) atoms. The third-order valence-corrected chi connectivity index (χ3v) is 9.46. The van der Waals surface area contributed by atoms with E-state index in [2.05, 4.69) is 53.5 Å². The first kappa shape index (κ1) is 48.1. The van der Waals surface area contributed by atoms with Gasteiger partial charge in [0.05, 0.1) is 45.1 Å². The second kappa shape index (κ2) is 22.8. The number of ether oxygens (including phenoxy) is 2. The Bertz CT molecular complexity index is 2190. The van der Waals surface area contributed by atoms with Crippen LogP contribution in [0.1, 0.15) is 49.9 Å². The molecule has 0 aliphatic carbocycles. The molecule has 2 aliphatic heterocycles. The van der Waals surface area contributed by atoms with Crippen molar-refractivity contribution in [2.24, 2.45) is 5.84 Å². The topological polar surface area (TPSA) is 254 Å². The molecule has 20 nitrogen and oxygen atoms in total. The monoisotopic (exact) mass is 856 g/mol. The Morgan fingerprint density at radius 1 is 0.694 bits per heavy atom. The lowest BCUT2D eigenvalue weighted by molar-refractivity contribution is -0.155. The van der Waals surface area contributed by atoms with Crippen LogP contribution in [0.15, 0.2) is 61.2 Å². The molecule has 6 N–H and O–H groups in total. The summed E-state index contributed by atoms with van der Waals surface area (Å²) < 4.78 is 13.4. The summed E-state index contributed by atoms with van der Waals surface area (Å²) in [6.45, 7) is 18.1. The van der Waals surface area contributed by atoms with Gasteiger partial charge in [-0.2, -0.15) is 0 Å². The van der Waals surface area contributed by atoms with Crippen molar-refractivity contribution < 1.29 is 38.6 Å². The van der Waals surface area contributed by atoms with Crippen molar-refractivity contribution in [3.05, 3.63) is 83.5 Å². The predicted molar refractivity (Wildman–Crippen MR) is 230 cm³/mol. The Balaban J connectivity index is 0.000000229. The van der Waals surface area contributed by atoms with E-state index in [4.69, 9.17) is 20.4 Å². The smallest absolute Gasteiger partial charge is 0.329 e. The van der Waals surface area contributed by atoms with E-state index in [1.54, 1.807) is 13.8 Å². The summed E-state index contributed by atoms with van der Waals surface area (Å²) in [5.41, 5.74) is 12.8.